The maximum Gasteiger partial charge on any atom is 0.201 e. The van der Waals surface area contributed by atoms with Gasteiger partial charge in [0.05, 0.1) is 0 Å². The molecule has 2 atom stereocenters. The lowest BCUT2D eigenvalue weighted by molar-refractivity contribution is -0.136. The summed E-state index contributed by atoms with van der Waals surface area (Å²) in [5, 5.41) is 0. The van der Waals surface area contributed by atoms with E-state index >= 15 is 0 Å². The zero-order chi connectivity index (χ0) is 7.89. The summed E-state index contributed by atoms with van der Waals surface area (Å²) in [7, 11) is 0. The molecule has 1 fully saturated rings. The molecule has 2 unspecified atom stereocenters. The second-order valence-corrected chi connectivity index (χ2v) is 3.16. The maximum absolute atomic E-state index is 11.0. The monoisotopic (exact) mass is 140 g/mol. The van der Waals surface area contributed by atoms with Gasteiger partial charge in [0, 0.05) is 11.8 Å². The lowest BCUT2D eigenvalue weighted by Crippen LogP contribution is -2.12. The number of Topliss-reactive ketones (excluding diaryl/α,β-unsaturated/α-hetero) is 2. The van der Waals surface area contributed by atoms with Gasteiger partial charge in [-0.15, -0.1) is 0 Å². The number of rotatable bonds is 0. The number of ketones is 2. The summed E-state index contributed by atoms with van der Waals surface area (Å²) >= 11 is 0. The minimum absolute atomic E-state index is 0.0532. The molecule has 1 rings (SSSR count). The van der Waals surface area contributed by atoms with E-state index in [0.717, 1.165) is 0 Å². The minimum atomic E-state index is -0.181. The molecule has 0 N–H and O–H groups in total. The van der Waals surface area contributed by atoms with Gasteiger partial charge in [-0.3, -0.25) is 9.59 Å². The van der Waals surface area contributed by atoms with Gasteiger partial charge in [-0.1, -0.05) is 20.8 Å². The summed E-state index contributed by atoms with van der Waals surface area (Å²) in [6, 6.07) is 0. The molecular weight excluding hydrogens is 128 g/mol. The number of carbonyl (C=O) groups excluding carboxylic acids is 2. The fourth-order valence-corrected chi connectivity index (χ4v) is 1.36. The topological polar surface area (TPSA) is 34.1 Å². The molecule has 56 valence electrons. The predicted molar refractivity (Wildman–Crippen MR) is 37.5 cm³/mol. The van der Waals surface area contributed by atoms with E-state index in [1.165, 1.54) is 0 Å². The maximum atomic E-state index is 11.0. The van der Waals surface area contributed by atoms with Crippen molar-refractivity contribution in [3.05, 3.63) is 0 Å². The molecule has 0 aromatic rings. The highest BCUT2D eigenvalue weighted by Crippen LogP contribution is 2.30. The van der Waals surface area contributed by atoms with Crippen molar-refractivity contribution < 1.29 is 9.59 Å². The molecule has 1 aliphatic rings. The Kier molecular flexibility index (Phi) is 1.63. The van der Waals surface area contributed by atoms with Crippen LogP contribution < -0.4 is 0 Å². The quantitative estimate of drug-likeness (QED) is 0.471. The van der Waals surface area contributed by atoms with E-state index in [1.54, 1.807) is 0 Å². The Bertz CT molecular complexity index is 164. The molecule has 2 heteroatoms. The smallest absolute Gasteiger partial charge is 0.201 e. The van der Waals surface area contributed by atoms with Gasteiger partial charge < -0.3 is 0 Å². The van der Waals surface area contributed by atoms with Gasteiger partial charge in [0.25, 0.3) is 0 Å². The molecule has 0 amide bonds. The Morgan fingerprint density at radius 2 is 1.20 bits per heavy atom. The Morgan fingerprint density at radius 3 is 1.30 bits per heavy atom. The molecule has 0 aromatic carbocycles. The van der Waals surface area contributed by atoms with Crippen LogP contribution in [0, 0.1) is 17.8 Å². The van der Waals surface area contributed by atoms with Gasteiger partial charge in [-0.25, -0.2) is 0 Å². The third kappa shape index (κ3) is 0.789. The summed E-state index contributed by atoms with van der Waals surface area (Å²) in [5.41, 5.74) is 0. The molecule has 0 saturated heterocycles. The molecule has 0 aliphatic heterocycles. The zero-order valence-electron chi connectivity index (χ0n) is 6.55. The van der Waals surface area contributed by atoms with Crippen molar-refractivity contribution >= 4 is 11.6 Å². The van der Waals surface area contributed by atoms with Gasteiger partial charge in [-0.2, -0.15) is 0 Å². The Hall–Kier alpha value is -0.660. The predicted octanol–water partition coefficient (Wildman–Crippen LogP) is 1.05. The van der Waals surface area contributed by atoms with E-state index in [9.17, 15) is 9.59 Å². The summed E-state index contributed by atoms with van der Waals surface area (Å²) in [6.07, 6.45) is 0. The molecule has 0 bridgehead atoms. The van der Waals surface area contributed by atoms with E-state index < -0.39 is 0 Å². The van der Waals surface area contributed by atoms with Crippen LogP contribution in [0.15, 0.2) is 0 Å². The van der Waals surface area contributed by atoms with Crippen LogP contribution in [-0.2, 0) is 9.59 Å². The summed E-state index contributed by atoms with van der Waals surface area (Å²) in [6.45, 7) is 5.61. The second-order valence-electron chi connectivity index (χ2n) is 3.16. The van der Waals surface area contributed by atoms with Crippen molar-refractivity contribution in [2.75, 3.05) is 0 Å². The van der Waals surface area contributed by atoms with Crippen LogP contribution in [0.1, 0.15) is 20.8 Å². The van der Waals surface area contributed by atoms with Crippen LogP contribution in [-0.4, -0.2) is 11.6 Å². The van der Waals surface area contributed by atoms with Crippen LogP contribution in [0.4, 0.5) is 0 Å². The normalized spacial score (nSPS) is 40.9. The van der Waals surface area contributed by atoms with Crippen LogP contribution in [0.5, 0.6) is 0 Å². The van der Waals surface area contributed by atoms with E-state index in [2.05, 4.69) is 0 Å². The average Bonchev–Trinajstić information content (AvgIpc) is 2.07. The fraction of sp³-hybridized carbons (Fsp3) is 0.750. The first-order valence-corrected chi connectivity index (χ1v) is 3.63. The van der Waals surface area contributed by atoms with Crippen molar-refractivity contribution in [3.8, 4) is 0 Å². The van der Waals surface area contributed by atoms with Crippen molar-refractivity contribution in [2.24, 2.45) is 17.8 Å². The average molecular weight is 140 g/mol. The number of carbonyl (C=O) groups is 2. The van der Waals surface area contributed by atoms with E-state index in [-0.39, 0.29) is 29.3 Å². The minimum Gasteiger partial charge on any atom is -0.291 e. The molecule has 0 heterocycles. The van der Waals surface area contributed by atoms with Gasteiger partial charge in [-0.05, 0) is 5.92 Å². The van der Waals surface area contributed by atoms with Crippen molar-refractivity contribution in [3.63, 3.8) is 0 Å². The second kappa shape index (κ2) is 2.19. The van der Waals surface area contributed by atoms with Crippen molar-refractivity contribution in [1.82, 2.24) is 0 Å². The van der Waals surface area contributed by atoms with Crippen molar-refractivity contribution in [2.45, 2.75) is 20.8 Å². The van der Waals surface area contributed by atoms with E-state index in [0.29, 0.717) is 0 Å². The Morgan fingerprint density at radius 1 is 0.900 bits per heavy atom. The van der Waals surface area contributed by atoms with Crippen LogP contribution in [0.2, 0.25) is 0 Å². The number of hydrogen-bond acceptors (Lipinski definition) is 2. The molecule has 1 saturated carbocycles. The van der Waals surface area contributed by atoms with Gasteiger partial charge in [0.2, 0.25) is 11.6 Å². The fourth-order valence-electron chi connectivity index (χ4n) is 1.36. The van der Waals surface area contributed by atoms with Crippen LogP contribution >= 0.6 is 0 Å². The van der Waals surface area contributed by atoms with E-state index in [4.69, 9.17) is 0 Å². The first-order valence-electron chi connectivity index (χ1n) is 3.63. The molecule has 0 spiro atoms. The third-order valence-corrected chi connectivity index (χ3v) is 2.65. The Balaban J connectivity index is 2.89. The molecule has 1 aliphatic carbocycles. The third-order valence-electron chi connectivity index (χ3n) is 2.65. The number of hydrogen-bond donors (Lipinski definition) is 0. The molecule has 10 heavy (non-hydrogen) atoms. The first kappa shape index (κ1) is 7.45. The summed E-state index contributed by atoms with van der Waals surface area (Å²) < 4.78 is 0. The highest BCUT2D eigenvalue weighted by molar-refractivity contribution is 6.40. The highest BCUT2D eigenvalue weighted by Gasteiger charge is 2.41. The first-order chi connectivity index (χ1) is 4.55. The lowest BCUT2D eigenvalue weighted by atomic mass is 9.94. The molecule has 2 nitrogen and oxygen atoms in total. The molecular formula is C8H12O2. The standard InChI is InChI=1S/C8H12O2/c1-4-5(2)7(9)8(10)6(4)3/h4-6H,1-3H3. The van der Waals surface area contributed by atoms with Crippen LogP contribution in [0.3, 0.4) is 0 Å². The van der Waals surface area contributed by atoms with Gasteiger partial charge in [0.15, 0.2) is 0 Å². The van der Waals surface area contributed by atoms with Crippen molar-refractivity contribution in [1.29, 1.82) is 0 Å². The Labute approximate surface area is 60.6 Å². The molecule has 0 radical (unpaired) electrons. The summed E-state index contributed by atoms with van der Waals surface area (Å²) in [4.78, 5) is 22.0. The van der Waals surface area contributed by atoms with E-state index in [1.807, 2.05) is 20.8 Å². The highest BCUT2D eigenvalue weighted by atomic mass is 16.2. The lowest BCUT2D eigenvalue weighted by Gasteiger charge is -2.08. The van der Waals surface area contributed by atoms with Gasteiger partial charge in [0.1, 0.15) is 0 Å². The SMILES string of the molecule is CC1C(=O)C(=O)C(C)C1C. The van der Waals surface area contributed by atoms with Crippen LogP contribution in [0.25, 0.3) is 0 Å². The zero-order valence-corrected chi connectivity index (χ0v) is 6.55. The molecule has 0 aromatic heterocycles. The van der Waals surface area contributed by atoms with Gasteiger partial charge >= 0.3 is 0 Å². The summed E-state index contributed by atoms with van der Waals surface area (Å²) in [5.74, 6) is -0.231. The largest absolute Gasteiger partial charge is 0.291 e.